The van der Waals surface area contributed by atoms with Gasteiger partial charge in [-0.05, 0) is 51.8 Å². The molecule has 0 amide bonds. The Morgan fingerprint density at radius 2 is 1.44 bits per heavy atom. The first-order chi connectivity index (χ1) is 11.2. The number of hydrogen-bond donors (Lipinski definition) is 0. The summed E-state index contributed by atoms with van der Waals surface area (Å²) >= 11 is 0. The van der Waals surface area contributed by atoms with Gasteiger partial charge in [0.15, 0.2) is 16.6 Å². The molecule has 0 fully saturated rings. The van der Waals surface area contributed by atoms with E-state index in [1.165, 1.54) is 6.92 Å². The third-order valence-corrected chi connectivity index (χ3v) is 4.99. The van der Waals surface area contributed by atoms with Gasteiger partial charge in [-0.2, -0.15) is 13.2 Å². The van der Waals surface area contributed by atoms with Crippen LogP contribution in [0, 0.1) is 0 Å². The molecule has 1 rings (SSSR count). The highest BCUT2D eigenvalue weighted by Crippen LogP contribution is 2.48. The maximum atomic E-state index is 14.3. The van der Waals surface area contributed by atoms with E-state index in [1.807, 2.05) is 19.6 Å². The fourth-order valence-corrected chi connectivity index (χ4v) is 4.65. The molecule has 0 saturated heterocycles. The highest BCUT2D eigenvalue weighted by Gasteiger charge is 2.65. The lowest BCUT2D eigenvalue weighted by atomic mass is 10.0. The van der Waals surface area contributed by atoms with Crippen molar-refractivity contribution in [2.75, 3.05) is 6.61 Å². The summed E-state index contributed by atoms with van der Waals surface area (Å²) in [4.78, 5) is 0. The first-order valence-electron chi connectivity index (χ1n) is 8.35. The first kappa shape index (κ1) is 22.4. The Labute approximate surface area is 150 Å². The van der Waals surface area contributed by atoms with Crippen LogP contribution in [0.1, 0.15) is 18.6 Å². The molecule has 144 valence electrons. The quantitative estimate of drug-likeness (QED) is 0.416. The van der Waals surface area contributed by atoms with Crippen molar-refractivity contribution in [3.05, 3.63) is 35.9 Å². The monoisotopic (exact) mass is 394 g/mol. The maximum Gasteiger partial charge on any atom is 0.445 e. The van der Waals surface area contributed by atoms with Crippen LogP contribution in [0.2, 0.25) is 39.3 Å². The molecule has 0 aliphatic rings. The van der Waals surface area contributed by atoms with Crippen molar-refractivity contribution in [2.45, 2.75) is 64.3 Å². The molecular formula is C17H29F3O3Si2. The van der Waals surface area contributed by atoms with Gasteiger partial charge in [-0.25, -0.2) is 0 Å². The number of benzene rings is 1. The van der Waals surface area contributed by atoms with Crippen LogP contribution in [-0.4, -0.2) is 35.2 Å². The van der Waals surface area contributed by atoms with Gasteiger partial charge in [0.2, 0.25) is 0 Å². The molecule has 2 atom stereocenters. The smallest absolute Gasteiger partial charge is 0.405 e. The molecular weight excluding hydrogens is 365 g/mol. The Hall–Kier alpha value is -0.676. The number of hydrogen-bond acceptors (Lipinski definition) is 3. The minimum absolute atomic E-state index is 0.137. The molecule has 2 unspecified atom stereocenters. The van der Waals surface area contributed by atoms with Gasteiger partial charge in [0.05, 0.1) is 0 Å². The first-order valence-corrected chi connectivity index (χ1v) is 15.2. The van der Waals surface area contributed by atoms with E-state index in [0.29, 0.717) is 5.56 Å². The zero-order chi connectivity index (χ0) is 19.5. The highest BCUT2D eigenvalue weighted by atomic mass is 28.4. The summed E-state index contributed by atoms with van der Waals surface area (Å²) in [5.74, 6) is -2.83. The molecule has 0 bridgehead atoms. The van der Waals surface area contributed by atoms with Gasteiger partial charge < -0.3 is 13.6 Å². The van der Waals surface area contributed by atoms with E-state index >= 15 is 0 Å². The van der Waals surface area contributed by atoms with Crippen LogP contribution in [-0.2, 0) is 13.6 Å². The van der Waals surface area contributed by atoms with Crippen LogP contribution in [0.15, 0.2) is 30.3 Å². The number of ether oxygens (including phenoxy) is 1. The minimum Gasteiger partial charge on any atom is -0.405 e. The van der Waals surface area contributed by atoms with Crippen LogP contribution >= 0.6 is 0 Å². The summed E-state index contributed by atoms with van der Waals surface area (Å²) in [6.07, 6.45) is -6.13. The molecule has 0 heterocycles. The summed E-state index contributed by atoms with van der Waals surface area (Å²) < 4.78 is 59.9. The Balaban J connectivity index is 3.61. The van der Waals surface area contributed by atoms with Crippen LogP contribution in [0.4, 0.5) is 13.2 Å². The SMILES string of the molecule is CCOC(O[Si](C)(C)C)(C(O[Si](C)(C)C)c1ccccc1)C(F)(F)F. The van der Waals surface area contributed by atoms with E-state index in [1.54, 1.807) is 50.0 Å². The molecule has 0 spiro atoms. The summed E-state index contributed by atoms with van der Waals surface area (Å²) in [6.45, 7) is 12.1. The summed E-state index contributed by atoms with van der Waals surface area (Å²) in [5.41, 5.74) is 0.397. The molecule has 1 aromatic rings. The second kappa shape index (κ2) is 7.91. The van der Waals surface area contributed by atoms with Crippen molar-refractivity contribution in [1.29, 1.82) is 0 Å². The molecule has 0 aliphatic carbocycles. The van der Waals surface area contributed by atoms with E-state index in [-0.39, 0.29) is 6.61 Å². The maximum absolute atomic E-state index is 14.3. The van der Waals surface area contributed by atoms with Gasteiger partial charge in [0.1, 0.15) is 6.10 Å². The Bertz CT molecular complexity index is 539. The normalized spacial score (nSPS) is 17.2. The Kier molecular flexibility index (Phi) is 7.08. The summed E-state index contributed by atoms with van der Waals surface area (Å²) in [6, 6.07) is 8.38. The van der Waals surface area contributed by atoms with Crippen molar-refractivity contribution >= 4 is 16.6 Å². The second-order valence-corrected chi connectivity index (χ2v) is 16.7. The van der Waals surface area contributed by atoms with Crippen LogP contribution in [0.5, 0.6) is 0 Å². The lowest BCUT2D eigenvalue weighted by Crippen LogP contribution is -2.60. The van der Waals surface area contributed by atoms with Crippen molar-refractivity contribution in [2.24, 2.45) is 0 Å². The Morgan fingerprint density at radius 3 is 1.80 bits per heavy atom. The molecule has 25 heavy (non-hydrogen) atoms. The largest absolute Gasteiger partial charge is 0.445 e. The topological polar surface area (TPSA) is 27.7 Å². The van der Waals surface area contributed by atoms with Crippen LogP contribution in [0.3, 0.4) is 0 Å². The van der Waals surface area contributed by atoms with Gasteiger partial charge in [0.25, 0.3) is 5.79 Å². The van der Waals surface area contributed by atoms with Gasteiger partial charge in [-0.15, -0.1) is 0 Å². The molecule has 1 aromatic carbocycles. The van der Waals surface area contributed by atoms with Crippen molar-refractivity contribution in [1.82, 2.24) is 0 Å². The number of halogens is 3. The van der Waals surface area contributed by atoms with Gasteiger partial charge >= 0.3 is 6.18 Å². The average Bonchev–Trinajstić information content (AvgIpc) is 2.41. The van der Waals surface area contributed by atoms with Gasteiger partial charge in [0, 0.05) is 6.61 Å². The van der Waals surface area contributed by atoms with Gasteiger partial charge in [-0.1, -0.05) is 30.3 Å². The van der Waals surface area contributed by atoms with Crippen molar-refractivity contribution in [3.8, 4) is 0 Å². The molecule has 8 heteroatoms. The van der Waals surface area contributed by atoms with E-state index in [4.69, 9.17) is 13.6 Å². The lowest BCUT2D eigenvalue weighted by molar-refractivity contribution is -0.383. The van der Waals surface area contributed by atoms with E-state index in [9.17, 15) is 13.2 Å². The fourth-order valence-electron chi connectivity index (χ4n) is 2.46. The van der Waals surface area contributed by atoms with Crippen molar-refractivity contribution in [3.63, 3.8) is 0 Å². The van der Waals surface area contributed by atoms with E-state index in [0.717, 1.165) is 0 Å². The molecule has 0 N–H and O–H groups in total. The molecule has 0 aromatic heterocycles. The number of rotatable bonds is 8. The third kappa shape index (κ3) is 6.21. The average molecular weight is 395 g/mol. The molecule has 0 radical (unpaired) electrons. The highest BCUT2D eigenvalue weighted by molar-refractivity contribution is 6.70. The molecule has 0 aliphatic heterocycles. The molecule has 3 nitrogen and oxygen atoms in total. The second-order valence-electron chi connectivity index (χ2n) is 7.83. The van der Waals surface area contributed by atoms with Crippen LogP contribution in [0.25, 0.3) is 0 Å². The fraction of sp³-hybridized carbons (Fsp3) is 0.647. The van der Waals surface area contributed by atoms with E-state index < -0.39 is 34.7 Å². The van der Waals surface area contributed by atoms with Crippen LogP contribution < -0.4 is 0 Å². The van der Waals surface area contributed by atoms with Gasteiger partial charge in [-0.3, -0.25) is 0 Å². The third-order valence-electron chi connectivity index (χ3n) is 3.13. The minimum atomic E-state index is -4.75. The standard InChI is InChI=1S/C17H29F3O3Si2/c1-8-21-16(17(18,19)20,23-25(5,6)7)15(22-24(2,3)4)14-12-10-9-11-13-14/h9-13,15H,8H2,1-7H3. The Morgan fingerprint density at radius 1 is 0.920 bits per heavy atom. The van der Waals surface area contributed by atoms with E-state index in [2.05, 4.69) is 0 Å². The zero-order valence-electron chi connectivity index (χ0n) is 16.0. The summed E-state index contributed by atoms with van der Waals surface area (Å²) in [5, 5.41) is 0. The predicted molar refractivity (Wildman–Crippen MR) is 98.5 cm³/mol. The lowest BCUT2D eigenvalue weighted by Gasteiger charge is -2.46. The number of alkyl halides is 3. The zero-order valence-corrected chi connectivity index (χ0v) is 18.0. The predicted octanol–water partition coefficient (Wildman–Crippen LogP) is 5.73. The summed E-state index contributed by atoms with van der Waals surface area (Å²) in [7, 11) is -4.96. The van der Waals surface area contributed by atoms with Crippen molar-refractivity contribution < 1.29 is 26.8 Å². The molecule has 0 saturated carbocycles.